The van der Waals surface area contributed by atoms with Crippen molar-refractivity contribution in [2.24, 2.45) is 17.8 Å². The maximum Gasteiger partial charge on any atom is 0.323 e. The normalized spacial score (nSPS) is 20.0. The minimum absolute atomic E-state index is 0.00674. The molecule has 2 aromatic carbocycles. The maximum absolute atomic E-state index is 13.2. The van der Waals surface area contributed by atoms with Crippen molar-refractivity contribution in [2.75, 3.05) is 23.7 Å². The molecule has 1 saturated carbocycles. The number of sulfonamides is 1. The summed E-state index contributed by atoms with van der Waals surface area (Å²) in [6.07, 6.45) is 17.5. The van der Waals surface area contributed by atoms with Gasteiger partial charge in [-0.3, -0.25) is 13.9 Å². The molecule has 1 N–H and O–H groups in total. The summed E-state index contributed by atoms with van der Waals surface area (Å²) in [4.78, 5) is 35.2. The minimum atomic E-state index is -3.78. The molecule has 10 heteroatoms. The Morgan fingerprint density at radius 3 is 2.11 bits per heavy atom. The lowest BCUT2D eigenvalue weighted by Crippen LogP contribution is -2.44. The second-order valence-corrected chi connectivity index (χ2v) is 14.6. The van der Waals surface area contributed by atoms with E-state index in [1.807, 2.05) is 24.5 Å². The minimum Gasteiger partial charge on any atom is -0.480 e. The quantitative estimate of drug-likeness (QED) is 0.241. The summed E-state index contributed by atoms with van der Waals surface area (Å²) in [5.74, 6) is 1.37. The third-order valence-corrected chi connectivity index (χ3v) is 10.7. The van der Waals surface area contributed by atoms with Gasteiger partial charge in [0, 0.05) is 30.1 Å². The Morgan fingerprint density at radius 1 is 0.870 bits per heavy atom. The first-order valence-electron chi connectivity index (χ1n) is 16.2. The number of carboxylic acid groups (broad SMARTS) is 1. The fraction of sp³-hybridized carbons (Fsp3) is 0.444. The van der Waals surface area contributed by atoms with Crippen molar-refractivity contribution < 1.29 is 23.1 Å². The molecule has 244 valence electrons. The predicted octanol–water partition coefficient (Wildman–Crippen LogP) is 6.42. The molecule has 1 heterocycles. The van der Waals surface area contributed by atoms with E-state index in [4.69, 9.17) is 0 Å². The van der Waals surface area contributed by atoms with Crippen LogP contribution in [0.15, 0.2) is 73.1 Å². The number of carbonyl (C=O) groups is 2. The molecule has 1 fully saturated rings. The highest BCUT2D eigenvalue weighted by molar-refractivity contribution is 7.92. The Bertz CT molecular complexity index is 1620. The molecule has 5 rings (SSSR count). The number of allylic oxidation sites excluding steroid dienone is 2. The van der Waals surface area contributed by atoms with Crippen LogP contribution >= 0.6 is 0 Å². The number of carboxylic acids is 1. The zero-order chi connectivity index (χ0) is 32.7. The van der Waals surface area contributed by atoms with E-state index in [2.05, 4.69) is 23.0 Å². The van der Waals surface area contributed by atoms with Crippen LogP contribution in [-0.2, 0) is 26.2 Å². The number of rotatable bonds is 12. The van der Waals surface area contributed by atoms with Crippen molar-refractivity contribution in [3.63, 3.8) is 0 Å². The van der Waals surface area contributed by atoms with E-state index in [9.17, 15) is 23.1 Å². The van der Waals surface area contributed by atoms with Crippen LogP contribution in [0.3, 0.4) is 0 Å². The lowest BCUT2D eigenvalue weighted by atomic mass is 9.71. The molecule has 1 aromatic heterocycles. The number of amides is 1. The highest BCUT2D eigenvalue weighted by Crippen LogP contribution is 2.41. The molecule has 2 aliphatic carbocycles. The van der Waals surface area contributed by atoms with E-state index >= 15 is 0 Å². The number of hydrogen-bond donors (Lipinski definition) is 1. The number of nitrogens with zero attached hydrogens (tertiary/aromatic N) is 4. The van der Waals surface area contributed by atoms with Gasteiger partial charge < -0.3 is 10.0 Å². The molecule has 1 unspecified atom stereocenters. The van der Waals surface area contributed by atoms with Crippen molar-refractivity contribution in [3.05, 3.63) is 84.2 Å². The Kier molecular flexibility index (Phi) is 10.9. The number of hydrogen-bond acceptors (Lipinski definition) is 6. The van der Waals surface area contributed by atoms with Crippen LogP contribution in [-0.4, -0.2) is 59.6 Å². The summed E-state index contributed by atoms with van der Waals surface area (Å²) in [5, 5.41) is 9.47. The Balaban J connectivity index is 1.21. The van der Waals surface area contributed by atoms with Crippen LogP contribution in [0.1, 0.15) is 69.4 Å². The summed E-state index contributed by atoms with van der Waals surface area (Å²) < 4.78 is 25.9. The van der Waals surface area contributed by atoms with Gasteiger partial charge in [0.25, 0.3) is 0 Å². The second-order valence-electron chi connectivity index (χ2n) is 12.7. The number of aromatic nitrogens is 2. The van der Waals surface area contributed by atoms with Crippen LogP contribution in [0.25, 0.3) is 17.0 Å². The smallest absolute Gasteiger partial charge is 0.323 e. The summed E-state index contributed by atoms with van der Waals surface area (Å²) >= 11 is 0. The number of aliphatic carboxylic acids is 1. The van der Waals surface area contributed by atoms with Crippen LogP contribution in [0.2, 0.25) is 0 Å². The zero-order valence-corrected chi connectivity index (χ0v) is 27.5. The largest absolute Gasteiger partial charge is 0.480 e. The number of para-hydroxylation sites is 1. The standard InChI is InChI=1S/C36H44N4O5S/c1-3-26-9-13-28(14-10-26)29-17-19-30(20-18-29)32-21-37-36(38-22-32)31-15-11-27(12-16-31)23-39(25-35(42)43)34(41)24-40(46(2,44)45)33-7-5-4-6-8-33/h4-8,11-12,15-16,19,21-22,26,28-29H,3,9-10,13-14,17-18,20,23-25H2,1-2H3,(H,42,43). The van der Waals surface area contributed by atoms with E-state index in [1.54, 1.807) is 42.5 Å². The summed E-state index contributed by atoms with van der Waals surface area (Å²) in [7, 11) is -3.78. The van der Waals surface area contributed by atoms with Gasteiger partial charge in [-0.05, 0) is 73.1 Å². The van der Waals surface area contributed by atoms with Gasteiger partial charge in [0.2, 0.25) is 15.9 Å². The lowest BCUT2D eigenvalue weighted by molar-refractivity contribution is -0.144. The molecular formula is C36H44N4O5S. The first-order chi connectivity index (χ1) is 22.1. The second kappa shape index (κ2) is 15.0. The van der Waals surface area contributed by atoms with Crippen LogP contribution < -0.4 is 4.31 Å². The topological polar surface area (TPSA) is 121 Å². The van der Waals surface area contributed by atoms with Crippen LogP contribution in [0.4, 0.5) is 5.69 Å². The molecule has 0 aliphatic heterocycles. The molecule has 3 aromatic rings. The molecule has 2 aliphatic rings. The van der Waals surface area contributed by atoms with Crippen molar-refractivity contribution in [2.45, 2.75) is 64.8 Å². The Morgan fingerprint density at radius 2 is 1.54 bits per heavy atom. The molecule has 0 bridgehead atoms. The summed E-state index contributed by atoms with van der Waals surface area (Å²) in [6.45, 7) is 1.25. The van der Waals surface area contributed by atoms with Gasteiger partial charge >= 0.3 is 5.97 Å². The predicted molar refractivity (Wildman–Crippen MR) is 180 cm³/mol. The third kappa shape index (κ3) is 8.60. The molecule has 0 spiro atoms. The lowest BCUT2D eigenvalue weighted by Gasteiger charge is -2.35. The molecule has 1 atom stereocenters. The van der Waals surface area contributed by atoms with Gasteiger partial charge in [-0.2, -0.15) is 0 Å². The monoisotopic (exact) mass is 644 g/mol. The average molecular weight is 645 g/mol. The van der Waals surface area contributed by atoms with Crippen molar-refractivity contribution >= 4 is 33.2 Å². The van der Waals surface area contributed by atoms with Crippen molar-refractivity contribution in [1.29, 1.82) is 0 Å². The zero-order valence-electron chi connectivity index (χ0n) is 26.7. The molecule has 0 saturated heterocycles. The fourth-order valence-electron chi connectivity index (χ4n) is 6.85. The summed E-state index contributed by atoms with van der Waals surface area (Å²) in [5.41, 5.74) is 4.22. The van der Waals surface area contributed by atoms with E-state index in [-0.39, 0.29) is 6.54 Å². The Labute approximate surface area is 272 Å². The average Bonchev–Trinajstić information content (AvgIpc) is 3.07. The van der Waals surface area contributed by atoms with Crippen LogP contribution in [0.5, 0.6) is 0 Å². The molecule has 46 heavy (non-hydrogen) atoms. The first-order valence-corrected chi connectivity index (χ1v) is 18.1. The molecular weight excluding hydrogens is 600 g/mol. The van der Waals surface area contributed by atoms with Crippen molar-refractivity contribution in [3.8, 4) is 11.4 Å². The number of benzene rings is 2. The number of carbonyl (C=O) groups excluding carboxylic acids is 1. The first kappa shape index (κ1) is 33.3. The van der Waals surface area contributed by atoms with E-state index < -0.39 is 35.0 Å². The molecule has 1 amide bonds. The van der Waals surface area contributed by atoms with Crippen molar-refractivity contribution in [1.82, 2.24) is 14.9 Å². The van der Waals surface area contributed by atoms with Gasteiger partial charge in [-0.1, -0.05) is 74.7 Å². The third-order valence-electron chi connectivity index (χ3n) is 9.60. The van der Waals surface area contributed by atoms with Gasteiger partial charge in [0.1, 0.15) is 13.1 Å². The maximum atomic E-state index is 13.2. The Hall–Kier alpha value is -4.05. The number of anilines is 1. The van der Waals surface area contributed by atoms with E-state index in [1.165, 1.54) is 44.1 Å². The van der Waals surface area contributed by atoms with E-state index in [0.29, 0.717) is 17.1 Å². The highest BCUT2D eigenvalue weighted by atomic mass is 32.2. The van der Waals surface area contributed by atoms with Gasteiger partial charge in [0.05, 0.1) is 11.9 Å². The summed E-state index contributed by atoms with van der Waals surface area (Å²) in [6, 6.07) is 15.6. The highest BCUT2D eigenvalue weighted by Gasteiger charge is 2.29. The van der Waals surface area contributed by atoms with Gasteiger partial charge in [-0.15, -0.1) is 0 Å². The van der Waals surface area contributed by atoms with Gasteiger partial charge in [0.15, 0.2) is 5.82 Å². The molecule has 9 nitrogen and oxygen atoms in total. The SMILES string of the molecule is CCC1CCC(C2CC=C(c3cnc(-c4ccc(CN(CC(=O)O)C(=O)CN(c5ccccc5)S(C)(=O)=O)cc4)nc3)CC2)CC1. The van der Waals surface area contributed by atoms with Gasteiger partial charge in [-0.25, -0.2) is 18.4 Å². The molecule has 0 radical (unpaired) electrons. The fourth-order valence-corrected chi connectivity index (χ4v) is 7.70. The van der Waals surface area contributed by atoms with E-state index in [0.717, 1.165) is 57.2 Å². The van der Waals surface area contributed by atoms with Crippen LogP contribution in [0, 0.1) is 17.8 Å².